The van der Waals surface area contributed by atoms with Gasteiger partial charge in [-0.25, -0.2) is 4.39 Å². The van der Waals surface area contributed by atoms with Crippen LogP contribution in [0, 0.1) is 11.8 Å². The summed E-state index contributed by atoms with van der Waals surface area (Å²) in [6.45, 7) is 0.159. The van der Waals surface area contributed by atoms with E-state index in [1.165, 1.54) is 13.2 Å². The van der Waals surface area contributed by atoms with Crippen molar-refractivity contribution in [1.82, 2.24) is 10.3 Å². The van der Waals surface area contributed by atoms with Crippen LogP contribution in [0.25, 0.3) is 10.9 Å². The normalized spacial score (nSPS) is 26.9. The van der Waals surface area contributed by atoms with Crippen molar-refractivity contribution in [1.29, 1.82) is 0 Å². The number of fused-ring (bicyclic) bond motifs is 2. The molecule has 0 radical (unpaired) electrons. The molecule has 7 nitrogen and oxygen atoms in total. The van der Waals surface area contributed by atoms with Gasteiger partial charge in [-0.2, -0.15) is 0 Å². The average molecular weight is 345 g/mol. The van der Waals surface area contributed by atoms with E-state index in [2.05, 4.69) is 10.3 Å². The lowest BCUT2D eigenvalue weighted by molar-refractivity contribution is -0.121. The Morgan fingerprint density at radius 3 is 2.84 bits per heavy atom. The number of hydrogen-bond donors (Lipinski definition) is 2. The fraction of sp³-hybridized carbons (Fsp3) is 0.353. The van der Waals surface area contributed by atoms with Gasteiger partial charge in [0.25, 0.3) is 5.91 Å². The molecule has 4 rings (SSSR count). The highest BCUT2D eigenvalue weighted by Crippen LogP contribution is 2.49. The first-order chi connectivity index (χ1) is 12.0. The molecule has 1 aromatic heterocycles. The predicted octanol–water partition coefficient (Wildman–Crippen LogP) is 0.804. The fourth-order valence-electron chi connectivity index (χ4n) is 3.43. The average Bonchev–Trinajstić information content (AvgIpc) is 3.15. The number of amides is 2. The number of aromatic nitrogens is 1. The zero-order chi connectivity index (χ0) is 17.7. The molecule has 1 saturated heterocycles. The van der Waals surface area contributed by atoms with Gasteiger partial charge in [-0.15, -0.1) is 0 Å². The molecule has 25 heavy (non-hydrogen) atoms. The van der Waals surface area contributed by atoms with Crippen molar-refractivity contribution in [3.8, 4) is 11.5 Å². The lowest BCUT2D eigenvalue weighted by Gasteiger charge is -2.16. The van der Waals surface area contributed by atoms with Gasteiger partial charge in [0.05, 0.1) is 30.1 Å². The van der Waals surface area contributed by atoms with Crippen LogP contribution in [-0.2, 0) is 4.79 Å². The second-order valence-corrected chi connectivity index (χ2v) is 6.22. The number of halogens is 1. The summed E-state index contributed by atoms with van der Waals surface area (Å²) in [7, 11) is 1.44. The molecule has 2 heterocycles. The molecule has 1 saturated carbocycles. The van der Waals surface area contributed by atoms with Gasteiger partial charge in [0.15, 0.2) is 0 Å². The number of benzene rings is 1. The van der Waals surface area contributed by atoms with Gasteiger partial charge in [-0.3, -0.25) is 14.6 Å². The maximum absolute atomic E-state index is 13.5. The third-order valence-electron chi connectivity index (χ3n) is 4.79. The van der Waals surface area contributed by atoms with E-state index in [9.17, 15) is 14.0 Å². The van der Waals surface area contributed by atoms with E-state index < -0.39 is 18.0 Å². The molecule has 8 heteroatoms. The van der Waals surface area contributed by atoms with Crippen LogP contribution < -0.4 is 20.5 Å². The number of carbonyl (C=O) groups excluding carboxylic acids is 2. The van der Waals surface area contributed by atoms with Crippen LogP contribution >= 0.6 is 0 Å². The minimum atomic E-state index is -1.07. The summed E-state index contributed by atoms with van der Waals surface area (Å²) < 4.78 is 24.5. The molecule has 4 atom stereocenters. The van der Waals surface area contributed by atoms with E-state index in [4.69, 9.17) is 15.2 Å². The Hall–Kier alpha value is -2.90. The second-order valence-electron chi connectivity index (χ2n) is 6.22. The van der Waals surface area contributed by atoms with Gasteiger partial charge in [0.1, 0.15) is 24.3 Å². The molecular formula is C17H16FN3O4. The molecular weight excluding hydrogens is 329 g/mol. The van der Waals surface area contributed by atoms with Crippen LogP contribution in [0.4, 0.5) is 4.39 Å². The first kappa shape index (κ1) is 15.6. The molecule has 0 spiro atoms. The Kier molecular flexibility index (Phi) is 3.48. The smallest absolute Gasteiger partial charge is 0.252 e. The third-order valence-corrected chi connectivity index (χ3v) is 4.79. The van der Waals surface area contributed by atoms with Crippen LogP contribution in [0.1, 0.15) is 10.4 Å². The number of primary amides is 1. The van der Waals surface area contributed by atoms with Crippen molar-refractivity contribution in [3.05, 3.63) is 30.0 Å². The van der Waals surface area contributed by atoms with Crippen LogP contribution in [-0.4, -0.2) is 42.7 Å². The monoisotopic (exact) mass is 345 g/mol. The minimum absolute atomic E-state index is 0.159. The Morgan fingerprint density at radius 1 is 1.40 bits per heavy atom. The van der Waals surface area contributed by atoms with Gasteiger partial charge < -0.3 is 20.5 Å². The summed E-state index contributed by atoms with van der Waals surface area (Å²) in [4.78, 5) is 27.3. The number of alkyl halides is 1. The van der Waals surface area contributed by atoms with Crippen molar-refractivity contribution >= 4 is 22.7 Å². The minimum Gasteiger partial charge on any atom is -0.496 e. The number of methoxy groups -OCH3 is 1. The number of rotatable bonds is 5. The van der Waals surface area contributed by atoms with Crippen molar-refractivity contribution in [3.63, 3.8) is 0 Å². The predicted molar refractivity (Wildman–Crippen MR) is 86.1 cm³/mol. The van der Waals surface area contributed by atoms with Crippen LogP contribution in [0.2, 0.25) is 0 Å². The van der Waals surface area contributed by atoms with E-state index >= 15 is 0 Å². The first-order valence-corrected chi connectivity index (χ1v) is 7.85. The molecule has 130 valence electrons. The van der Waals surface area contributed by atoms with Gasteiger partial charge >= 0.3 is 0 Å². The number of nitrogens with zero attached hydrogens (tertiary/aromatic N) is 1. The van der Waals surface area contributed by atoms with Gasteiger partial charge in [0.2, 0.25) is 5.91 Å². The maximum Gasteiger partial charge on any atom is 0.252 e. The number of pyridine rings is 1. The molecule has 0 bridgehead atoms. The molecule has 3 N–H and O–H groups in total. The molecule has 1 aromatic carbocycles. The lowest BCUT2D eigenvalue weighted by Crippen LogP contribution is -2.37. The van der Waals surface area contributed by atoms with Gasteiger partial charge in [-0.05, 0) is 18.2 Å². The summed E-state index contributed by atoms with van der Waals surface area (Å²) >= 11 is 0. The largest absolute Gasteiger partial charge is 0.496 e. The number of piperidine rings is 1. The Bertz CT molecular complexity index is 888. The highest BCUT2D eigenvalue weighted by molar-refractivity contribution is 6.01. The van der Waals surface area contributed by atoms with Gasteiger partial charge in [-0.1, -0.05) is 0 Å². The Labute approximate surface area is 142 Å². The molecule has 1 aliphatic heterocycles. The van der Waals surface area contributed by atoms with Crippen molar-refractivity contribution in [2.24, 2.45) is 17.6 Å². The Morgan fingerprint density at radius 2 is 2.20 bits per heavy atom. The van der Waals surface area contributed by atoms with Crippen LogP contribution in [0.3, 0.4) is 0 Å². The van der Waals surface area contributed by atoms with E-state index in [0.29, 0.717) is 22.4 Å². The van der Waals surface area contributed by atoms with Crippen molar-refractivity contribution in [2.45, 2.75) is 12.2 Å². The number of nitrogens with two attached hydrogens (primary N) is 1. The summed E-state index contributed by atoms with van der Waals surface area (Å²) in [5.74, 6) is -0.878. The fourth-order valence-corrected chi connectivity index (χ4v) is 3.43. The van der Waals surface area contributed by atoms with Crippen LogP contribution in [0.5, 0.6) is 11.5 Å². The number of carbonyl (C=O) groups is 2. The van der Waals surface area contributed by atoms with Crippen molar-refractivity contribution in [2.75, 3.05) is 13.7 Å². The number of ether oxygens (including phenoxy) is 2. The summed E-state index contributed by atoms with van der Waals surface area (Å²) in [6.07, 6.45) is 0.467. The molecule has 2 fully saturated rings. The standard InChI is InChI=1S/C17H16FN3O4/c1-24-12-5-7-9(4-8(12)16(19)22)20-3-2-11(7)25-6-10-13-14(15(13)18)17(23)21-10/h2-5,10,13-15H,6H2,1H3,(H2,19,22)(H,21,23)/t10-,13-,14+,15?/m1/s1. The zero-order valence-corrected chi connectivity index (χ0v) is 13.4. The topological polar surface area (TPSA) is 104 Å². The zero-order valence-electron chi connectivity index (χ0n) is 13.4. The van der Waals surface area contributed by atoms with E-state index in [-0.39, 0.29) is 30.0 Å². The molecule has 2 aromatic rings. The lowest BCUT2D eigenvalue weighted by atomic mass is 10.1. The van der Waals surface area contributed by atoms with Crippen LogP contribution in [0.15, 0.2) is 24.4 Å². The highest BCUT2D eigenvalue weighted by atomic mass is 19.1. The maximum atomic E-state index is 13.5. The summed E-state index contributed by atoms with van der Waals surface area (Å²) in [6, 6.07) is 4.49. The third kappa shape index (κ3) is 2.45. The quantitative estimate of drug-likeness (QED) is 0.834. The summed E-state index contributed by atoms with van der Waals surface area (Å²) in [5, 5.41) is 3.38. The first-order valence-electron chi connectivity index (χ1n) is 7.85. The molecule has 1 aliphatic carbocycles. The molecule has 2 amide bonds. The second kappa shape index (κ2) is 5.58. The number of nitrogens with one attached hydrogen (secondary N) is 1. The number of hydrogen-bond acceptors (Lipinski definition) is 5. The van der Waals surface area contributed by atoms with Gasteiger partial charge in [0, 0.05) is 17.5 Å². The highest BCUT2D eigenvalue weighted by Gasteiger charge is 2.64. The van der Waals surface area contributed by atoms with Crippen molar-refractivity contribution < 1.29 is 23.5 Å². The molecule has 2 aliphatic rings. The van der Waals surface area contributed by atoms with E-state index in [1.54, 1.807) is 18.3 Å². The van der Waals surface area contributed by atoms with E-state index in [0.717, 1.165) is 0 Å². The summed E-state index contributed by atoms with van der Waals surface area (Å²) in [5.41, 5.74) is 6.10. The Balaban J connectivity index is 1.61. The SMILES string of the molecule is COc1cc2c(OC[C@H]3NC(=O)[C@@H]4C(F)[C@@H]43)ccnc2cc1C(N)=O. The molecule has 1 unspecified atom stereocenters. The van der Waals surface area contributed by atoms with E-state index in [1.807, 2.05) is 0 Å².